The highest BCUT2D eigenvalue weighted by molar-refractivity contribution is 5.97. The first-order chi connectivity index (χ1) is 8.83. The molecular weight excluding hydrogens is 232 g/mol. The molecule has 1 aromatic rings. The third-order valence-electron chi connectivity index (χ3n) is 3.18. The Morgan fingerprint density at radius 1 is 1.28 bits per heavy atom. The fourth-order valence-electron chi connectivity index (χ4n) is 2.25. The van der Waals surface area contributed by atoms with Gasteiger partial charge in [0.15, 0.2) is 0 Å². The average Bonchev–Trinajstić information content (AvgIpc) is 2.83. The fourth-order valence-corrected chi connectivity index (χ4v) is 2.25. The third-order valence-corrected chi connectivity index (χ3v) is 3.18. The topological polar surface area (TPSA) is 59.6 Å². The molecule has 1 fully saturated rings. The minimum atomic E-state index is -0.414. The summed E-state index contributed by atoms with van der Waals surface area (Å²) in [5, 5.41) is 6.05. The highest BCUT2D eigenvalue weighted by Crippen LogP contribution is 2.22. The van der Waals surface area contributed by atoms with Crippen molar-refractivity contribution in [1.82, 2.24) is 10.6 Å². The summed E-state index contributed by atoms with van der Waals surface area (Å²) < 4.78 is 11.6. The van der Waals surface area contributed by atoms with Gasteiger partial charge in [0.25, 0.3) is 5.91 Å². The third kappa shape index (κ3) is 2.32. The van der Waals surface area contributed by atoms with Crippen LogP contribution in [0.3, 0.4) is 0 Å². The van der Waals surface area contributed by atoms with Crippen LogP contribution in [0.2, 0.25) is 0 Å². The van der Waals surface area contributed by atoms with Gasteiger partial charge in [-0.2, -0.15) is 0 Å². The maximum absolute atomic E-state index is 11.8. The Morgan fingerprint density at radius 3 is 3.00 bits per heavy atom. The van der Waals surface area contributed by atoms with Crippen LogP contribution < -0.4 is 15.4 Å². The summed E-state index contributed by atoms with van der Waals surface area (Å²) in [5.74, 6) is 0.477. The predicted molar refractivity (Wildman–Crippen MR) is 65.6 cm³/mol. The van der Waals surface area contributed by atoms with Crippen molar-refractivity contribution in [3.8, 4) is 5.75 Å². The number of hydrogen-bond acceptors (Lipinski definition) is 4. The van der Waals surface area contributed by atoms with Gasteiger partial charge in [0, 0.05) is 6.54 Å². The van der Waals surface area contributed by atoms with Gasteiger partial charge < -0.3 is 20.1 Å². The molecule has 1 aromatic carbocycles. The molecule has 1 amide bonds. The van der Waals surface area contributed by atoms with Crippen LogP contribution >= 0.6 is 0 Å². The highest BCUT2D eigenvalue weighted by atomic mass is 16.7. The number of hydrogen-bond donors (Lipinski definition) is 2. The lowest BCUT2D eigenvalue weighted by Crippen LogP contribution is -2.37. The quantitative estimate of drug-likeness (QED) is 0.801. The van der Waals surface area contributed by atoms with Gasteiger partial charge in [-0.1, -0.05) is 12.1 Å². The van der Waals surface area contributed by atoms with Crippen molar-refractivity contribution in [2.24, 2.45) is 0 Å². The predicted octanol–water partition coefficient (Wildman–Crippen LogP) is 0.513. The van der Waals surface area contributed by atoms with Crippen LogP contribution in [-0.4, -0.2) is 37.9 Å². The van der Waals surface area contributed by atoms with Crippen molar-refractivity contribution in [2.75, 3.05) is 19.6 Å². The Morgan fingerprint density at radius 2 is 2.17 bits per heavy atom. The van der Waals surface area contributed by atoms with E-state index in [1.165, 1.54) is 0 Å². The van der Waals surface area contributed by atoms with Crippen molar-refractivity contribution >= 4 is 5.91 Å². The summed E-state index contributed by atoms with van der Waals surface area (Å²) in [6.45, 7) is 2.19. The average molecular weight is 248 g/mol. The molecule has 0 bridgehead atoms. The molecule has 2 N–H and O–H groups in total. The van der Waals surface area contributed by atoms with E-state index >= 15 is 0 Å². The Labute approximate surface area is 105 Å². The van der Waals surface area contributed by atoms with E-state index in [1.807, 2.05) is 12.1 Å². The van der Waals surface area contributed by atoms with Crippen LogP contribution in [0.15, 0.2) is 24.3 Å². The van der Waals surface area contributed by atoms with Crippen LogP contribution in [0, 0.1) is 0 Å². The van der Waals surface area contributed by atoms with Crippen molar-refractivity contribution in [1.29, 1.82) is 0 Å². The van der Waals surface area contributed by atoms with Crippen LogP contribution in [0.4, 0.5) is 0 Å². The lowest BCUT2D eigenvalue weighted by atomic mass is 10.2. The number of nitrogens with one attached hydrogen (secondary N) is 2. The van der Waals surface area contributed by atoms with Crippen LogP contribution in [-0.2, 0) is 4.74 Å². The standard InChI is InChI=1S/C13H16N2O3/c16-13-10-3-1-2-4-11(10)18-12(8-15-13)17-9-5-6-14-7-9/h1-4,9,12,14H,5-8H2,(H,15,16)/t9-,12?/m1/s1. The normalized spacial score (nSPS) is 27.0. The van der Waals surface area contributed by atoms with Gasteiger partial charge >= 0.3 is 0 Å². The van der Waals surface area contributed by atoms with Crippen LogP contribution in [0.25, 0.3) is 0 Å². The van der Waals surface area contributed by atoms with Crippen molar-refractivity contribution in [2.45, 2.75) is 18.8 Å². The summed E-state index contributed by atoms with van der Waals surface area (Å²) >= 11 is 0. The first kappa shape index (κ1) is 11.5. The molecular formula is C13H16N2O3. The molecule has 5 nitrogen and oxygen atoms in total. The van der Waals surface area contributed by atoms with E-state index in [1.54, 1.807) is 12.1 Å². The molecule has 2 aliphatic rings. The molecule has 1 saturated heterocycles. The second-order valence-electron chi connectivity index (χ2n) is 4.50. The first-order valence-electron chi connectivity index (χ1n) is 6.23. The van der Waals surface area contributed by atoms with E-state index in [-0.39, 0.29) is 12.0 Å². The Kier molecular flexibility index (Phi) is 3.17. The summed E-state index contributed by atoms with van der Waals surface area (Å²) in [4.78, 5) is 11.8. The fraction of sp³-hybridized carbons (Fsp3) is 0.462. The summed E-state index contributed by atoms with van der Waals surface area (Å²) in [7, 11) is 0. The Balaban J connectivity index is 1.74. The smallest absolute Gasteiger partial charge is 0.255 e. The van der Waals surface area contributed by atoms with E-state index in [9.17, 15) is 4.79 Å². The zero-order valence-electron chi connectivity index (χ0n) is 10.0. The maximum Gasteiger partial charge on any atom is 0.255 e. The van der Waals surface area contributed by atoms with Crippen LogP contribution in [0.5, 0.6) is 5.75 Å². The summed E-state index contributed by atoms with van der Waals surface area (Å²) in [6, 6.07) is 7.23. The maximum atomic E-state index is 11.8. The highest BCUT2D eigenvalue weighted by Gasteiger charge is 2.26. The number of ether oxygens (including phenoxy) is 2. The molecule has 0 spiro atoms. The minimum Gasteiger partial charge on any atom is -0.462 e. The van der Waals surface area contributed by atoms with Crippen molar-refractivity contribution in [3.05, 3.63) is 29.8 Å². The second-order valence-corrected chi connectivity index (χ2v) is 4.50. The largest absolute Gasteiger partial charge is 0.462 e. The number of carbonyl (C=O) groups is 1. The molecule has 0 aromatic heterocycles. The van der Waals surface area contributed by atoms with Gasteiger partial charge in [-0.3, -0.25) is 4.79 Å². The molecule has 96 valence electrons. The Hall–Kier alpha value is -1.59. The van der Waals surface area contributed by atoms with E-state index in [4.69, 9.17) is 9.47 Å². The van der Waals surface area contributed by atoms with Crippen LogP contribution in [0.1, 0.15) is 16.8 Å². The number of rotatable bonds is 2. The van der Waals surface area contributed by atoms with E-state index in [2.05, 4.69) is 10.6 Å². The SMILES string of the molecule is O=C1NCC(O[C@@H]2CCNC2)Oc2ccccc21. The first-order valence-corrected chi connectivity index (χ1v) is 6.23. The molecule has 1 unspecified atom stereocenters. The number of para-hydroxylation sites is 1. The second kappa shape index (κ2) is 4.96. The number of carbonyl (C=O) groups excluding carboxylic acids is 1. The minimum absolute atomic E-state index is 0.110. The number of fused-ring (bicyclic) bond motifs is 1. The van der Waals surface area contributed by atoms with Gasteiger partial charge in [0.2, 0.25) is 6.29 Å². The van der Waals surface area contributed by atoms with Gasteiger partial charge in [-0.05, 0) is 25.1 Å². The zero-order valence-corrected chi connectivity index (χ0v) is 10.0. The molecule has 3 rings (SSSR count). The molecule has 0 radical (unpaired) electrons. The summed E-state index contributed by atoms with van der Waals surface area (Å²) in [5.41, 5.74) is 0.563. The molecule has 18 heavy (non-hydrogen) atoms. The number of amides is 1. The Bertz CT molecular complexity index is 444. The molecule has 5 heteroatoms. The molecule has 2 aliphatic heterocycles. The zero-order chi connectivity index (χ0) is 12.4. The van der Waals surface area contributed by atoms with Crippen molar-refractivity contribution < 1.29 is 14.3 Å². The monoisotopic (exact) mass is 248 g/mol. The van der Waals surface area contributed by atoms with Gasteiger partial charge in [-0.15, -0.1) is 0 Å². The number of benzene rings is 1. The van der Waals surface area contributed by atoms with E-state index in [0.29, 0.717) is 17.9 Å². The molecule has 2 heterocycles. The molecule has 2 atom stereocenters. The van der Waals surface area contributed by atoms with Gasteiger partial charge in [0.05, 0.1) is 18.2 Å². The summed E-state index contributed by atoms with van der Waals surface area (Å²) in [6.07, 6.45) is 0.731. The van der Waals surface area contributed by atoms with Gasteiger partial charge in [0.1, 0.15) is 5.75 Å². The molecule has 0 aliphatic carbocycles. The van der Waals surface area contributed by atoms with E-state index in [0.717, 1.165) is 19.5 Å². The van der Waals surface area contributed by atoms with E-state index < -0.39 is 6.29 Å². The van der Waals surface area contributed by atoms with Crippen molar-refractivity contribution in [3.63, 3.8) is 0 Å². The van der Waals surface area contributed by atoms with Gasteiger partial charge in [-0.25, -0.2) is 0 Å². The lowest BCUT2D eigenvalue weighted by Gasteiger charge is -2.21. The lowest BCUT2D eigenvalue weighted by molar-refractivity contribution is -0.107. The molecule has 0 saturated carbocycles.